The lowest BCUT2D eigenvalue weighted by atomic mass is 10.1. The maximum absolute atomic E-state index is 12.6. The van der Waals surface area contributed by atoms with E-state index in [-0.39, 0.29) is 23.9 Å². The Bertz CT molecular complexity index is 779. The summed E-state index contributed by atoms with van der Waals surface area (Å²) in [6.07, 6.45) is 2.51. The number of nitrogens with zero attached hydrogens (tertiary/aromatic N) is 3. The van der Waals surface area contributed by atoms with Gasteiger partial charge in [0.1, 0.15) is 6.10 Å². The number of piperazine rings is 1. The summed E-state index contributed by atoms with van der Waals surface area (Å²) in [6.45, 7) is 8.24. The van der Waals surface area contributed by atoms with Gasteiger partial charge in [0.25, 0.3) is 0 Å². The fraction of sp³-hybridized carbons (Fsp3) is 0.682. The van der Waals surface area contributed by atoms with Gasteiger partial charge in [-0.1, -0.05) is 50.1 Å². The largest absolute Gasteiger partial charge is 0.459 e. The molecule has 0 radical (unpaired) electrons. The number of ether oxygens (including phenoxy) is 1. The summed E-state index contributed by atoms with van der Waals surface area (Å²) in [7, 11) is -3.18. The van der Waals surface area contributed by atoms with Crippen molar-refractivity contribution in [3.8, 4) is 0 Å². The lowest BCUT2D eigenvalue weighted by molar-refractivity contribution is -0.148. The lowest BCUT2D eigenvalue weighted by Gasteiger charge is -2.38. The number of likely N-dealkylation sites (tertiary alicyclic amines) is 1. The first-order chi connectivity index (χ1) is 14.4. The van der Waals surface area contributed by atoms with Gasteiger partial charge in [0.15, 0.2) is 0 Å². The Balaban J connectivity index is 1.58. The van der Waals surface area contributed by atoms with Crippen LogP contribution in [0.15, 0.2) is 30.3 Å². The van der Waals surface area contributed by atoms with Gasteiger partial charge in [-0.25, -0.2) is 8.42 Å². The summed E-state index contributed by atoms with van der Waals surface area (Å²) < 4.78 is 32.5. The molecule has 7 nitrogen and oxygen atoms in total. The van der Waals surface area contributed by atoms with Crippen molar-refractivity contribution < 1.29 is 17.9 Å². The molecule has 0 aliphatic carbocycles. The van der Waals surface area contributed by atoms with Crippen molar-refractivity contribution in [2.45, 2.75) is 51.8 Å². The average molecular weight is 438 g/mol. The molecule has 0 spiro atoms. The van der Waals surface area contributed by atoms with Crippen molar-refractivity contribution in [1.82, 2.24) is 14.1 Å². The van der Waals surface area contributed by atoms with Gasteiger partial charge in [-0.2, -0.15) is 4.31 Å². The molecule has 0 amide bonds. The fourth-order valence-corrected chi connectivity index (χ4v) is 6.01. The Hall–Kier alpha value is -1.48. The Labute approximate surface area is 181 Å². The van der Waals surface area contributed by atoms with Crippen LogP contribution in [0.3, 0.4) is 0 Å². The van der Waals surface area contributed by atoms with Gasteiger partial charge < -0.3 is 4.74 Å². The first kappa shape index (κ1) is 23.2. The first-order valence-corrected chi connectivity index (χ1v) is 12.7. The third-order valence-electron chi connectivity index (χ3n) is 6.02. The van der Waals surface area contributed by atoms with Gasteiger partial charge in [0, 0.05) is 52.7 Å². The van der Waals surface area contributed by atoms with Gasteiger partial charge in [0.2, 0.25) is 10.0 Å². The molecular weight excluding hydrogens is 402 g/mol. The number of hydrogen-bond donors (Lipinski definition) is 0. The third-order valence-corrected chi connectivity index (χ3v) is 7.98. The summed E-state index contributed by atoms with van der Waals surface area (Å²) >= 11 is 0. The molecule has 0 bridgehead atoms. The predicted octanol–water partition coefficient (Wildman–Crippen LogP) is 1.94. The van der Waals surface area contributed by atoms with E-state index in [2.05, 4.69) is 28.9 Å². The van der Waals surface area contributed by atoms with Crippen molar-refractivity contribution >= 4 is 16.0 Å². The highest BCUT2D eigenvalue weighted by atomic mass is 32.2. The Morgan fingerprint density at radius 1 is 1.07 bits per heavy atom. The highest BCUT2D eigenvalue weighted by Gasteiger charge is 2.40. The number of sulfonamides is 1. The van der Waals surface area contributed by atoms with Crippen LogP contribution in [-0.4, -0.2) is 85.7 Å². The highest BCUT2D eigenvalue weighted by Crippen LogP contribution is 2.23. The number of carbonyl (C=O) groups excluding carboxylic acids is 1. The molecule has 2 unspecified atom stereocenters. The SMILES string of the molecule is CCCCCS(=O)(=O)N1CCN(C2CN(Cc3ccccc3)CC2OC(C)=O)CC1. The monoisotopic (exact) mass is 437 g/mol. The van der Waals surface area contributed by atoms with Crippen LogP contribution >= 0.6 is 0 Å². The smallest absolute Gasteiger partial charge is 0.303 e. The normalized spacial score (nSPS) is 24.2. The van der Waals surface area contributed by atoms with Crippen LogP contribution in [0.1, 0.15) is 38.7 Å². The molecule has 1 aromatic rings. The van der Waals surface area contributed by atoms with Gasteiger partial charge in [-0.3, -0.25) is 14.6 Å². The molecule has 3 rings (SSSR count). The van der Waals surface area contributed by atoms with E-state index >= 15 is 0 Å². The van der Waals surface area contributed by atoms with Crippen molar-refractivity contribution in [1.29, 1.82) is 0 Å². The van der Waals surface area contributed by atoms with E-state index in [4.69, 9.17) is 4.74 Å². The molecule has 2 fully saturated rings. The van der Waals surface area contributed by atoms with E-state index in [0.717, 1.165) is 32.4 Å². The molecule has 2 atom stereocenters. The van der Waals surface area contributed by atoms with Crippen LogP contribution in [0.2, 0.25) is 0 Å². The van der Waals surface area contributed by atoms with Gasteiger partial charge in [0.05, 0.1) is 11.8 Å². The fourth-order valence-electron chi connectivity index (χ4n) is 4.46. The second kappa shape index (κ2) is 10.7. The number of esters is 1. The molecule has 0 N–H and O–H groups in total. The second-order valence-corrected chi connectivity index (χ2v) is 10.4. The van der Waals surface area contributed by atoms with Crippen LogP contribution in [0.5, 0.6) is 0 Å². The van der Waals surface area contributed by atoms with E-state index in [1.807, 2.05) is 18.2 Å². The zero-order chi connectivity index (χ0) is 21.6. The Morgan fingerprint density at radius 3 is 2.40 bits per heavy atom. The molecule has 0 saturated carbocycles. The zero-order valence-electron chi connectivity index (χ0n) is 18.2. The molecule has 0 aromatic heterocycles. The first-order valence-electron chi connectivity index (χ1n) is 11.0. The number of carbonyl (C=O) groups is 1. The zero-order valence-corrected chi connectivity index (χ0v) is 19.0. The molecule has 2 aliphatic rings. The summed E-state index contributed by atoms with van der Waals surface area (Å²) in [6, 6.07) is 10.4. The van der Waals surface area contributed by atoms with Crippen LogP contribution in [0, 0.1) is 0 Å². The quantitative estimate of drug-likeness (QED) is 0.434. The molecule has 2 aliphatic heterocycles. The number of unbranched alkanes of at least 4 members (excludes halogenated alkanes) is 2. The molecule has 30 heavy (non-hydrogen) atoms. The highest BCUT2D eigenvalue weighted by molar-refractivity contribution is 7.89. The number of hydrogen-bond acceptors (Lipinski definition) is 6. The summed E-state index contributed by atoms with van der Waals surface area (Å²) in [5, 5.41) is 0. The van der Waals surface area contributed by atoms with E-state index in [1.165, 1.54) is 12.5 Å². The number of benzene rings is 1. The minimum atomic E-state index is -3.18. The van der Waals surface area contributed by atoms with Crippen LogP contribution in [0.25, 0.3) is 0 Å². The van der Waals surface area contributed by atoms with Crippen molar-refractivity contribution in [2.24, 2.45) is 0 Å². The van der Waals surface area contributed by atoms with E-state index < -0.39 is 10.0 Å². The van der Waals surface area contributed by atoms with Crippen LogP contribution in [0.4, 0.5) is 0 Å². The predicted molar refractivity (Wildman–Crippen MR) is 118 cm³/mol. The summed E-state index contributed by atoms with van der Waals surface area (Å²) in [5.41, 5.74) is 1.24. The topological polar surface area (TPSA) is 70.2 Å². The molecular formula is C22H35N3O4S. The Kier molecular flexibility index (Phi) is 8.27. The number of rotatable bonds is 9. The van der Waals surface area contributed by atoms with Crippen molar-refractivity contribution in [2.75, 3.05) is 45.0 Å². The van der Waals surface area contributed by atoms with Crippen molar-refractivity contribution in [3.63, 3.8) is 0 Å². The van der Waals surface area contributed by atoms with Crippen LogP contribution in [-0.2, 0) is 26.1 Å². The summed E-state index contributed by atoms with van der Waals surface area (Å²) in [5.74, 6) is -0.0192. The standard InChI is InChI=1S/C22H35N3O4S/c1-3-4-8-15-30(27,28)25-13-11-24(12-14-25)21-17-23(18-22(21)29-19(2)26)16-20-9-6-5-7-10-20/h5-7,9-10,21-22H,3-4,8,11-18H2,1-2H3. The van der Waals surface area contributed by atoms with E-state index in [9.17, 15) is 13.2 Å². The van der Waals surface area contributed by atoms with Crippen molar-refractivity contribution in [3.05, 3.63) is 35.9 Å². The van der Waals surface area contributed by atoms with Gasteiger partial charge in [-0.15, -0.1) is 0 Å². The third kappa shape index (κ3) is 6.26. The molecule has 168 valence electrons. The van der Waals surface area contributed by atoms with E-state index in [0.29, 0.717) is 32.7 Å². The van der Waals surface area contributed by atoms with Gasteiger partial charge in [-0.05, 0) is 12.0 Å². The molecule has 8 heteroatoms. The minimum Gasteiger partial charge on any atom is -0.459 e. The molecule has 2 heterocycles. The minimum absolute atomic E-state index is 0.0996. The maximum atomic E-state index is 12.6. The van der Waals surface area contributed by atoms with Gasteiger partial charge >= 0.3 is 5.97 Å². The second-order valence-electron chi connectivity index (χ2n) is 8.35. The average Bonchev–Trinajstić information content (AvgIpc) is 3.10. The molecule has 1 aromatic carbocycles. The summed E-state index contributed by atoms with van der Waals surface area (Å²) in [4.78, 5) is 16.3. The molecule has 2 saturated heterocycles. The lowest BCUT2D eigenvalue weighted by Crippen LogP contribution is -2.55. The van der Waals surface area contributed by atoms with E-state index in [1.54, 1.807) is 4.31 Å². The maximum Gasteiger partial charge on any atom is 0.303 e. The van der Waals surface area contributed by atoms with Crippen LogP contribution < -0.4 is 0 Å². The Morgan fingerprint density at radius 2 is 1.77 bits per heavy atom.